The average molecular weight is 263 g/mol. The Bertz CT molecular complexity index is 672. The molecule has 3 N–H and O–H groups in total. The lowest BCUT2D eigenvalue weighted by Gasteiger charge is -2.03. The molecule has 3 aromatic rings. The third kappa shape index (κ3) is 2.63. The van der Waals surface area contributed by atoms with Crippen LogP contribution in [0.3, 0.4) is 0 Å². The van der Waals surface area contributed by atoms with Gasteiger partial charge >= 0.3 is 0 Å². The van der Waals surface area contributed by atoms with Gasteiger partial charge in [0.2, 0.25) is 0 Å². The van der Waals surface area contributed by atoms with Gasteiger partial charge in [-0.1, -0.05) is 60.7 Å². The Morgan fingerprint density at radius 1 is 0.900 bits per heavy atom. The highest BCUT2D eigenvalue weighted by Crippen LogP contribution is 2.23. The maximum absolute atomic E-state index is 5.71. The van der Waals surface area contributed by atoms with Gasteiger partial charge in [0.15, 0.2) is 0 Å². The van der Waals surface area contributed by atoms with Crippen LogP contribution in [0.4, 0.5) is 0 Å². The molecule has 0 radical (unpaired) electrons. The molecule has 0 saturated heterocycles. The summed E-state index contributed by atoms with van der Waals surface area (Å²) >= 11 is 0. The number of aromatic nitrogens is 2. The molecule has 0 aliphatic heterocycles. The van der Waals surface area contributed by atoms with Crippen LogP contribution in [-0.4, -0.2) is 9.97 Å². The fourth-order valence-electron chi connectivity index (χ4n) is 2.32. The van der Waals surface area contributed by atoms with Crippen molar-refractivity contribution in [2.24, 2.45) is 5.73 Å². The molecule has 0 atom stereocenters. The van der Waals surface area contributed by atoms with Gasteiger partial charge in [-0.25, -0.2) is 4.98 Å². The second-order valence-corrected chi connectivity index (χ2v) is 4.74. The monoisotopic (exact) mass is 263 g/mol. The minimum Gasteiger partial charge on any atom is -0.344 e. The van der Waals surface area contributed by atoms with Crippen LogP contribution in [0.2, 0.25) is 0 Å². The van der Waals surface area contributed by atoms with E-state index in [1.165, 1.54) is 5.56 Å². The van der Waals surface area contributed by atoms with E-state index in [4.69, 9.17) is 5.73 Å². The Kier molecular flexibility index (Phi) is 3.61. The Balaban J connectivity index is 2.00. The van der Waals surface area contributed by atoms with Crippen LogP contribution in [-0.2, 0) is 13.0 Å². The zero-order chi connectivity index (χ0) is 13.8. The van der Waals surface area contributed by atoms with Crippen molar-refractivity contribution in [1.82, 2.24) is 9.97 Å². The number of nitrogens with one attached hydrogen (secondary N) is 1. The van der Waals surface area contributed by atoms with Gasteiger partial charge in [-0.05, 0) is 5.56 Å². The predicted octanol–water partition coefficient (Wildman–Crippen LogP) is 3.13. The molecule has 0 aliphatic carbocycles. The molecule has 0 bridgehead atoms. The van der Waals surface area contributed by atoms with Gasteiger partial charge in [0.25, 0.3) is 0 Å². The van der Waals surface area contributed by atoms with Crippen LogP contribution in [0.15, 0.2) is 60.7 Å². The highest BCUT2D eigenvalue weighted by atomic mass is 15.0. The lowest BCUT2D eigenvalue weighted by molar-refractivity contribution is 0.936. The normalized spacial score (nSPS) is 10.7. The summed E-state index contributed by atoms with van der Waals surface area (Å²) in [5.41, 5.74) is 10.2. The topological polar surface area (TPSA) is 54.7 Å². The number of nitrogens with two attached hydrogens (primary N) is 1. The Morgan fingerprint density at radius 2 is 1.55 bits per heavy atom. The first kappa shape index (κ1) is 12.6. The maximum Gasteiger partial charge on any atom is 0.120 e. The Labute approximate surface area is 118 Å². The molecule has 1 heterocycles. The van der Waals surface area contributed by atoms with Crippen molar-refractivity contribution >= 4 is 0 Å². The molecule has 100 valence electrons. The summed E-state index contributed by atoms with van der Waals surface area (Å²) in [5, 5.41) is 0. The van der Waals surface area contributed by atoms with Crippen molar-refractivity contribution in [3.8, 4) is 11.3 Å². The van der Waals surface area contributed by atoms with E-state index in [0.717, 1.165) is 29.2 Å². The average Bonchev–Trinajstić information content (AvgIpc) is 2.92. The highest BCUT2D eigenvalue weighted by Gasteiger charge is 2.11. The molecule has 0 spiro atoms. The zero-order valence-corrected chi connectivity index (χ0v) is 11.2. The first-order valence-electron chi connectivity index (χ1n) is 6.74. The number of hydrogen-bond acceptors (Lipinski definition) is 2. The highest BCUT2D eigenvalue weighted by molar-refractivity contribution is 5.62. The quantitative estimate of drug-likeness (QED) is 0.760. The summed E-state index contributed by atoms with van der Waals surface area (Å²) in [5.74, 6) is 0.829. The molecule has 3 heteroatoms. The van der Waals surface area contributed by atoms with Crippen LogP contribution < -0.4 is 5.73 Å². The number of imidazole rings is 1. The second kappa shape index (κ2) is 5.72. The fourth-order valence-corrected chi connectivity index (χ4v) is 2.32. The van der Waals surface area contributed by atoms with E-state index in [9.17, 15) is 0 Å². The molecular formula is C17H17N3. The molecule has 2 aromatic carbocycles. The largest absolute Gasteiger partial charge is 0.344 e. The lowest BCUT2D eigenvalue weighted by atomic mass is 10.0. The van der Waals surface area contributed by atoms with Gasteiger partial charge in [-0.15, -0.1) is 0 Å². The first-order valence-corrected chi connectivity index (χ1v) is 6.74. The number of hydrogen-bond donors (Lipinski definition) is 2. The molecule has 0 fully saturated rings. The SMILES string of the molecule is NCc1nc(-c2ccccc2)c(Cc2ccccc2)[nH]1. The van der Waals surface area contributed by atoms with E-state index in [1.807, 2.05) is 24.3 Å². The number of rotatable bonds is 4. The Hall–Kier alpha value is -2.39. The summed E-state index contributed by atoms with van der Waals surface area (Å²) in [7, 11) is 0. The van der Waals surface area contributed by atoms with E-state index >= 15 is 0 Å². The molecule has 0 aliphatic rings. The Morgan fingerprint density at radius 3 is 2.20 bits per heavy atom. The smallest absolute Gasteiger partial charge is 0.120 e. The standard InChI is InChI=1S/C17H17N3/c18-12-16-19-15(11-13-7-3-1-4-8-13)17(20-16)14-9-5-2-6-10-14/h1-10H,11-12,18H2,(H,19,20). The van der Waals surface area contributed by atoms with Gasteiger partial charge in [-0.3, -0.25) is 0 Å². The van der Waals surface area contributed by atoms with Crippen LogP contribution in [0.5, 0.6) is 0 Å². The van der Waals surface area contributed by atoms with Crippen molar-refractivity contribution in [2.45, 2.75) is 13.0 Å². The molecule has 0 amide bonds. The van der Waals surface area contributed by atoms with E-state index < -0.39 is 0 Å². The maximum atomic E-state index is 5.71. The summed E-state index contributed by atoms with van der Waals surface area (Å²) < 4.78 is 0. The first-order chi connectivity index (χ1) is 9.86. The summed E-state index contributed by atoms with van der Waals surface area (Å²) in [6.07, 6.45) is 0.831. The lowest BCUT2D eigenvalue weighted by Crippen LogP contribution is -1.98. The molecule has 0 saturated carbocycles. The van der Waals surface area contributed by atoms with Crippen molar-refractivity contribution in [2.75, 3.05) is 0 Å². The fraction of sp³-hybridized carbons (Fsp3) is 0.118. The van der Waals surface area contributed by atoms with Gasteiger partial charge < -0.3 is 10.7 Å². The van der Waals surface area contributed by atoms with E-state index in [0.29, 0.717) is 6.54 Å². The molecule has 20 heavy (non-hydrogen) atoms. The molecule has 0 unspecified atom stereocenters. The van der Waals surface area contributed by atoms with Crippen molar-refractivity contribution in [3.63, 3.8) is 0 Å². The third-order valence-corrected chi connectivity index (χ3v) is 3.29. The minimum absolute atomic E-state index is 0.425. The van der Waals surface area contributed by atoms with Crippen LogP contribution >= 0.6 is 0 Å². The molecule has 3 rings (SSSR count). The van der Waals surface area contributed by atoms with E-state index in [2.05, 4.69) is 46.4 Å². The van der Waals surface area contributed by atoms with Crippen LogP contribution in [0.1, 0.15) is 17.1 Å². The van der Waals surface area contributed by atoms with Crippen molar-refractivity contribution < 1.29 is 0 Å². The molecular weight excluding hydrogens is 246 g/mol. The predicted molar refractivity (Wildman–Crippen MR) is 81.2 cm³/mol. The van der Waals surface area contributed by atoms with E-state index in [-0.39, 0.29) is 0 Å². The summed E-state index contributed by atoms with van der Waals surface area (Å²) in [4.78, 5) is 7.96. The zero-order valence-electron chi connectivity index (χ0n) is 11.2. The molecule has 1 aromatic heterocycles. The summed E-state index contributed by atoms with van der Waals surface area (Å²) in [6, 6.07) is 20.6. The minimum atomic E-state index is 0.425. The van der Waals surface area contributed by atoms with E-state index in [1.54, 1.807) is 0 Å². The third-order valence-electron chi connectivity index (χ3n) is 3.29. The van der Waals surface area contributed by atoms with Gasteiger partial charge in [0, 0.05) is 17.7 Å². The van der Waals surface area contributed by atoms with Gasteiger partial charge in [0.05, 0.1) is 12.2 Å². The molecule has 3 nitrogen and oxygen atoms in total. The van der Waals surface area contributed by atoms with Gasteiger partial charge in [0.1, 0.15) is 5.82 Å². The number of H-pyrrole nitrogens is 1. The summed E-state index contributed by atoms with van der Waals surface area (Å²) in [6.45, 7) is 0.425. The van der Waals surface area contributed by atoms with Crippen molar-refractivity contribution in [1.29, 1.82) is 0 Å². The number of nitrogens with zero attached hydrogens (tertiary/aromatic N) is 1. The van der Waals surface area contributed by atoms with Crippen molar-refractivity contribution in [3.05, 3.63) is 77.7 Å². The number of benzene rings is 2. The van der Waals surface area contributed by atoms with Crippen LogP contribution in [0.25, 0.3) is 11.3 Å². The second-order valence-electron chi connectivity index (χ2n) is 4.74. The number of aromatic amines is 1. The van der Waals surface area contributed by atoms with Crippen LogP contribution in [0, 0.1) is 0 Å². The van der Waals surface area contributed by atoms with Gasteiger partial charge in [-0.2, -0.15) is 0 Å².